The zero-order valence-corrected chi connectivity index (χ0v) is 34.1. The molecule has 0 spiro atoms. The number of hydrogen-bond donors (Lipinski definition) is 1. The van der Waals surface area contributed by atoms with E-state index in [1.165, 1.54) is 18.3 Å². The number of aromatic nitrogens is 1. The van der Waals surface area contributed by atoms with E-state index in [9.17, 15) is 24.0 Å². The van der Waals surface area contributed by atoms with Gasteiger partial charge in [0, 0.05) is 49.6 Å². The van der Waals surface area contributed by atoms with Crippen LogP contribution in [0.2, 0.25) is 0 Å². The molecule has 53 heavy (non-hydrogen) atoms. The highest BCUT2D eigenvalue weighted by Gasteiger charge is 2.39. The molecule has 1 N–H and O–H groups in total. The summed E-state index contributed by atoms with van der Waals surface area (Å²) in [6, 6.07) is 8.95. The van der Waals surface area contributed by atoms with E-state index in [0.717, 1.165) is 31.4 Å². The summed E-state index contributed by atoms with van der Waals surface area (Å²) in [5.74, 6) is -2.36. The monoisotopic (exact) mass is 754 g/mol. The Balaban J connectivity index is 1.92. The maximum absolute atomic E-state index is 14.8. The smallest absolute Gasteiger partial charge is 0.307 e. The molecule has 0 saturated carbocycles. The number of nitrogens with zero attached hydrogens (tertiary/aromatic N) is 3. The second-order valence-corrected chi connectivity index (χ2v) is 16.4. The fourth-order valence-electron chi connectivity index (χ4n) is 6.96. The highest BCUT2D eigenvalue weighted by molar-refractivity contribution is 7.09. The first-order chi connectivity index (χ1) is 25.1. The predicted molar refractivity (Wildman–Crippen MR) is 207 cm³/mol. The Hall–Kier alpha value is -3.64. The molecule has 1 aliphatic rings. The summed E-state index contributed by atoms with van der Waals surface area (Å²) in [6.07, 6.45) is 3.67. The first-order valence-electron chi connectivity index (χ1n) is 19.3. The third kappa shape index (κ3) is 13.6. The standard InChI is InChI=1S/C41H62N4O7S/c1-10-28(6)32(22-36(47)34-18-14-15-19-44(34)9)41(50)45(25-51-38(48)20-26(2)3)35(27(4)5)23-37(52-30(8)46)40-43-33(24-53-40)39(49)42-29(7)21-31-16-12-11-13-17-31/h11-13,16-17,24,26-29,32,34-35,37H,10,14-15,18-23,25H2,1-9H3,(H,42,49)/t28-,29+,32-,34+,35+,37+/m0/s1. The van der Waals surface area contributed by atoms with Gasteiger partial charge < -0.3 is 19.7 Å². The number of piperidine rings is 1. The van der Waals surface area contributed by atoms with Crippen LogP contribution in [0.1, 0.15) is 127 Å². The third-order valence-corrected chi connectivity index (χ3v) is 11.1. The number of likely N-dealkylation sites (tertiary alicyclic amines) is 1. The van der Waals surface area contributed by atoms with Crippen LogP contribution in [0.5, 0.6) is 0 Å². The summed E-state index contributed by atoms with van der Waals surface area (Å²) in [5.41, 5.74) is 1.31. The molecule has 1 aliphatic heterocycles. The molecule has 2 aromatic rings. The normalized spacial score (nSPS) is 17.8. The second kappa shape index (κ2) is 21.3. The highest BCUT2D eigenvalue weighted by Crippen LogP contribution is 2.33. The summed E-state index contributed by atoms with van der Waals surface area (Å²) >= 11 is 1.21. The Labute approximate surface area is 320 Å². The minimum absolute atomic E-state index is 0.0492. The van der Waals surface area contributed by atoms with Gasteiger partial charge in [-0.3, -0.25) is 28.9 Å². The molecular formula is C41H62N4O7S. The number of carbonyl (C=O) groups is 5. The van der Waals surface area contributed by atoms with Crippen LogP contribution in [0.15, 0.2) is 35.7 Å². The minimum Gasteiger partial charge on any atom is -0.455 e. The van der Waals surface area contributed by atoms with Crippen molar-refractivity contribution in [3.05, 3.63) is 52.0 Å². The Bertz CT molecular complexity index is 1500. The van der Waals surface area contributed by atoms with Gasteiger partial charge in [-0.25, -0.2) is 4.98 Å². The lowest BCUT2D eigenvalue weighted by atomic mass is 9.82. The van der Waals surface area contributed by atoms with Crippen molar-refractivity contribution < 1.29 is 33.4 Å². The summed E-state index contributed by atoms with van der Waals surface area (Å²) in [7, 11) is 1.96. The number of esters is 2. The van der Waals surface area contributed by atoms with Crippen LogP contribution in [0.4, 0.5) is 0 Å². The summed E-state index contributed by atoms with van der Waals surface area (Å²) in [4.78, 5) is 75.4. The Morgan fingerprint density at radius 1 is 1.02 bits per heavy atom. The largest absolute Gasteiger partial charge is 0.455 e. The van der Waals surface area contributed by atoms with E-state index in [1.807, 2.05) is 85.8 Å². The van der Waals surface area contributed by atoms with Crippen LogP contribution in [0.3, 0.4) is 0 Å². The lowest BCUT2D eigenvalue weighted by molar-refractivity contribution is -0.162. The molecule has 0 bridgehead atoms. The maximum atomic E-state index is 14.8. The topological polar surface area (TPSA) is 135 Å². The van der Waals surface area contributed by atoms with E-state index in [1.54, 1.807) is 10.3 Å². The molecule has 1 fully saturated rings. The minimum atomic E-state index is -0.880. The van der Waals surface area contributed by atoms with Crippen molar-refractivity contribution in [1.82, 2.24) is 20.1 Å². The Kier molecular flexibility index (Phi) is 17.6. The van der Waals surface area contributed by atoms with Crippen molar-refractivity contribution >= 4 is 40.9 Å². The van der Waals surface area contributed by atoms with Crippen molar-refractivity contribution in [2.75, 3.05) is 20.3 Å². The molecule has 0 unspecified atom stereocenters. The molecule has 3 rings (SSSR count). The van der Waals surface area contributed by atoms with Crippen molar-refractivity contribution in [1.29, 1.82) is 0 Å². The van der Waals surface area contributed by atoms with Crippen LogP contribution in [-0.4, -0.2) is 82.8 Å². The number of likely N-dealkylation sites (N-methyl/N-ethyl adjacent to an activating group) is 1. The fourth-order valence-corrected chi connectivity index (χ4v) is 7.79. The average Bonchev–Trinajstić information content (AvgIpc) is 3.60. The zero-order chi connectivity index (χ0) is 39.2. The molecule has 12 heteroatoms. The summed E-state index contributed by atoms with van der Waals surface area (Å²) in [5, 5.41) is 5.07. The van der Waals surface area contributed by atoms with E-state index in [2.05, 4.69) is 15.2 Å². The predicted octanol–water partition coefficient (Wildman–Crippen LogP) is 7.00. The lowest BCUT2D eigenvalue weighted by Crippen LogP contribution is -2.50. The number of benzene rings is 1. The van der Waals surface area contributed by atoms with E-state index in [-0.39, 0.29) is 79.1 Å². The number of Topliss-reactive ketones (excluding diaryl/α,β-unsaturated/α-hetero) is 1. The van der Waals surface area contributed by atoms with Crippen molar-refractivity contribution in [2.45, 2.75) is 131 Å². The first-order valence-corrected chi connectivity index (χ1v) is 20.1. The molecule has 6 atom stereocenters. The number of carbonyl (C=O) groups excluding carboxylic acids is 5. The summed E-state index contributed by atoms with van der Waals surface area (Å²) < 4.78 is 11.6. The number of rotatable bonds is 20. The van der Waals surface area contributed by atoms with Crippen LogP contribution in [0, 0.1) is 23.7 Å². The van der Waals surface area contributed by atoms with Crippen LogP contribution < -0.4 is 5.32 Å². The summed E-state index contributed by atoms with van der Waals surface area (Å²) in [6.45, 7) is 15.5. The van der Waals surface area contributed by atoms with Gasteiger partial charge in [0.2, 0.25) is 5.91 Å². The molecule has 2 heterocycles. The average molecular weight is 755 g/mol. The van der Waals surface area contributed by atoms with Crippen LogP contribution in [0.25, 0.3) is 0 Å². The Morgan fingerprint density at radius 2 is 1.72 bits per heavy atom. The molecule has 0 aliphatic carbocycles. The van der Waals surface area contributed by atoms with Crippen LogP contribution >= 0.6 is 11.3 Å². The van der Waals surface area contributed by atoms with Crippen molar-refractivity contribution in [3.8, 4) is 0 Å². The van der Waals surface area contributed by atoms with Gasteiger partial charge in [0.05, 0.1) is 6.04 Å². The maximum Gasteiger partial charge on any atom is 0.307 e. The molecule has 1 aromatic heterocycles. The van der Waals surface area contributed by atoms with Gasteiger partial charge in [0.25, 0.3) is 5.91 Å². The molecule has 0 radical (unpaired) electrons. The van der Waals surface area contributed by atoms with Crippen molar-refractivity contribution in [2.24, 2.45) is 23.7 Å². The molecule has 1 aromatic carbocycles. The van der Waals surface area contributed by atoms with Gasteiger partial charge in [0.1, 0.15) is 10.7 Å². The van der Waals surface area contributed by atoms with Gasteiger partial charge in [-0.1, -0.05) is 84.7 Å². The Morgan fingerprint density at radius 3 is 2.32 bits per heavy atom. The highest BCUT2D eigenvalue weighted by atomic mass is 32.1. The number of amides is 2. The van der Waals surface area contributed by atoms with Gasteiger partial charge in [-0.2, -0.15) is 0 Å². The number of nitrogens with one attached hydrogen (secondary N) is 1. The first kappa shape index (κ1) is 43.8. The van der Waals surface area contributed by atoms with Gasteiger partial charge in [-0.15, -0.1) is 11.3 Å². The quantitative estimate of drug-likeness (QED) is 0.112. The second-order valence-electron chi connectivity index (χ2n) is 15.5. The molecule has 1 saturated heterocycles. The number of ether oxygens (including phenoxy) is 2. The lowest BCUT2D eigenvalue weighted by Gasteiger charge is -2.39. The van der Waals surface area contributed by atoms with Gasteiger partial charge >= 0.3 is 11.9 Å². The van der Waals surface area contributed by atoms with Gasteiger partial charge in [-0.05, 0) is 63.1 Å². The molecule has 2 amide bonds. The van der Waals surface area contributed by atoms with Gasteiger partial charge in [0.15, 0.2) is 18.6 Å². The molecule has 11 nitrogen and oxygen atoms in total. The SMILES string of the molecule is CC[C@H](C)[C@H](CC(=O)[C@H]1CCCCN1C)C(=O)N(COC(=O)CC(C)C)[C@H](C[C@@H](OC(C)=O)c1nc(C(=O)N[C@H](C)Cc2ccccc2)cs1)C(C)C. The molecule has 294 valence electrons. The van der Waals surface area contributed by atoms with Crippen molar-refractivity contribution in [3.63, 3.8) is 0 Å². The molecular weight excluding hydrogens is 693 g/mol. The van der Waals surface area contributed by atoms with E-state index < -0.39 is 30.0 Å². The zero-order valence-electron chi connectivity index (χ0n) is 33.3. The number of ketones is 1. The number of hydrogen-bond acceptors (Lipinski definition) is 10. The fraction of sp³-hybridized carbons (Fsp3) is 0.659. The number of thiazole rings is 1. The van der Waals surface area contributed by atoms with Crippen LogP contribution in [-0.2, 0) is 35.1 Å². The van der Waals surface area contributed by atoms with E-state index in [0.29, 0.717) is 17.8 Å². The third-order valence-electron chi connectivity index (χ3n) is 10.2. The van der Waals surface area contributed by atoms with E-state index in [4.69, 9.17) is 9.47 Å². The van der Waals surface area contributed by atoms with E-state index >= 15 is 0 Å².